The lowest BCUT2D eigenvalue weighted by atomic mass is 10.0. The van der Waals surface area contributed by atoms with Crippen LogP contribution < -0.4 is 0 Å². The molecule has 1 amide bonds. The summed E-state index contributed by atoms with van der Waals surface area (Å²) in [5.74, 6) is -33.9. The van der Waals surface area contributed by atoms with E-state index < -0.39 is 70.5 Å². The monoisotopic (exact) mass is 557 g/mol. The first-order chi connectivity index (χ1) is 15.9. The van der Waals surface area contributed by atoms with Crippen molar-refractivity contribution in [3.8, 4) is 0 Å². The summed E-state index contributed by atoms with van der Waals surface area (Å²) in [4.78, 5) is 22.9. The summed E-state index contributed by atoms with van der Waals surface area (Å²) in [5.41, 5.74) is -0.630. The van der Waals surface area contributed by atoms with Crippen LogP contribution in [0.25, 0.3) is 0 Å². The third-order valence-corrected chi connectivity index (χ3v) is 4.76. The Hall–Kier alpha value is -2.82. The summed E-state index contributed by atoms with van der Waals surface area (Å²) < 4.78 is 186. The highest BCUT2D eigenvalue weighted by molar-refractivity contribution is 5.85. The lowest BCUT2D eigenvalue weighted by molar-refractivity contribution is -0.349. The molecule has 0 spiro atoms. The molecule has 0 N–H and O–H groups in total. The number of nitrogens with zero attached hydrogens (tertiary/aromatic N) is 1. The summed E-state index contributed by atoms with van der Waals surface area (Å²) in [7, 11) is 0.138. The SMILES string of the molecule is CC(C(OC(=O)C(F)(F)C(F)(F)C(F)(F)F)c1ccccc1)N(C)C(=O)C(F)(F)C(F)(F)C(F)(F)F. The molecule has 0 aromatic heterocycles. The molecule has 0 aliphatic heterocycles. The van der Waals surface area contributed by atoms with Gasteiger partial charge in [-0.25, -0.2) is 4.79 Å². The van der Waals surface area contributed by atoms with Gasteiger partial charge in [-0.3, -0.25) is 4.79 Å². The van der Waals surface area contributed by atoms with Crippen LogP contribution in [0, 0.1) is 0 Å². The van der Waals surface area contributed by atoms with Crippen LogP contribution >= 0.6 is 0 Å². The maximum atomic E-state index is 13.8. The van der Waals surface area contributed by atoms with Crippen LogP contribution in [0.2, 0.25) is 0 Å². The molecular formula is C18H13F14NO3. The van der Waals surface area contributed by atoms with Crippen molar-refractivity contribution in [2.45, 2.75) is 55.1 Å². The molecule has 1 aromatic rings. The van der Waals surface area contributed by atoms with E-state index in [9.17, 15) is 71.1 Å². The molecule has 0 aliphatic carbocycles. The molecule has 18 heteroatoms. The zero-order valence-electron chi connectivity index (χ0n) is 17.5. The van der Waals surface area contributed by atoms with Gasteiger partial charge in [-0.2, -0.15) is 61.5 Å². The summed E-state index contributed by atoms with van der Waals surface area (Å²) in [6.45, 7) is 0.463. The number of halogens is 14. The van der Waals surface area contributed by atoms with Gasteiger partial charge in [0.1, 0.15) is 6.10 Å². The van der Waals surface area contributed by atoms with Gasteiger partial charge >= 0.3 is 42.0 Å². The molecule has 2 unspecified atom stereocenters. The van der Waals surface area contributed by atoms with Gasteiger partial charge in [-0.1, -0.05) is 30.3 Å². The number of hydrogen-bond donors (Lipinski definition) is 0. The van der Waals surface area contributed by atoms with Crippen LogP contribution in [-0.2, 0) is 14.3 Å². The summed E-state index contributed by atoms with van der Waals surface area (Å²) >= 11 is 0. The van der Waals surface area contributed by atoms with Crippen LogP contribution in [0.15, 0.2) is 30.3 Å². The van der Waals surface area contributed by atoms with Crippen molar-refractivity contribution in [1.29, 1.82) is 0 Å². The van der Waals surface area contributed by atoms with Gasteiger partial charge in [-0.05, 0) is 12.5 Å². The van der Waals surface area contributed by atoms with Crippen molar-refractivity contribution >= 4 is 11.9 Å². The summed E-state index contributed by atoms with van der Waals surface area (Å²) in [6, 6.07) is 2.42. The second-order valence-corrected chi connectivity index (χ2v) is 7.19. The number of amides is 1. The molecule has 0 fully saturated rings. The molecule has 4 nitrogen and oxygen atoms in total. The van der Waals surface area contributed by atoms with E-state index in [-0.39, 0.29) is 7.05 Å². The van der Waals surface area contributed by atoms with E-state index in [4.69, 9.17) is 0 Å². The van der Waals surface area contributed by atoms with Crippen molar-refractivity contribution < 1.29 is 75.8 Å². The van der Waals surface area contributed by atoms with Crippen LogP contribution in [0.1, 0.15) is 18.6 Å². The summed E-state index contributed by atoms with van der Waals surface area (Å²) in [5, 5.41) is 0. The number of hydrogen-bond acceptors (Lipinski definition) is 3. The Morgan fingerprint density at radius 2 is 1.11 bits per heavy atom. The highest BCUT2D eigenvalue weighted by atomic mass is 19.4. The molecule has 0 saturated heterocycles. The van der Waals surface area contributed by atoms with Gasteiger partial charge in [0, 0.05) is 7.05 Å². The second kappa shape index (κ2) is 9.57. The van der Waals surface area contributed by atoms with Gasteiger partial charge < -0.3 is 9.64 Å². The Balaban J connectivity index is 3.46. The number of rotatable bonds is 8. The van der Waals surface area contributed by atoms with E-state index in [1.165, 1.54) is 6.07 Å². The molecule has 0 aliphatic rings. The number of carbonyl (C=O) groups excluding carboxylic acids is 2. The number of likely N-dealkylation sites (N-methyl/N-ethyl adjacent to an activating group) is 1. The smallest absolute Gasteiger partial charge is 0.451 e. The topological polar surface area (TPSA) is 46.6 Å². The van der Waals surface area contributed by atoms with Gasteiger partial charge in [0.05, 0.1) is 6.04 Å². The standard InChI is InChI=1S/C18H13F14NO3/c1-8(33(2)11(34)13(19,20)15(23,24)17(27,28)29)10(9-6-4-3-5-7-9)36-12(35)14(21,22)16(25,26)18(30,31)32/h3-8,10H,1-2H3. The molecule has 2 atom stereocenters. The number of carbonyl (C=O) groups is 2. The zero-order chi connectivity index (χ0) is 28.7. The maximum absolute atomic E-state index is 13.8. The predicted octanol–water partition coefficient (Wildman–Crippen LogP) is 5.78. The second-order valence-electron chi connectivity index (χ2n) is 7.19. The highest BCUT2D eigenvalue weighted by Crippen LogP contribution is 2.49. The first kappa shape index (κ1) is 31.2. The first-order valence-corrected chi connectivity index (χ1v) is 9.03. The van der Waals surface area contributed by atoms with Gasteiger partial charge in [0.15, 0.2) is 0 Å². The Kier molecular flexibility index (Phi) is 8.30. The zero-order valence-corrected chi connectivity index (χ0v) is 17.5. The first-order valence-electron chi connectivity index (χ1n) is 9.03. The Morgan fingerprint density at radius 1 is 0.722 bits per heavy atom. The van der Waals surface area contributed by atoms with E-state index >= 15 is 0 Å². The predicted molar refractivity (Wildman–Crippen MR) is 89.4 cm³/mol. The fourth-order valence-corrected chi connectivity index (χ4v) is 2.51. The average Bonchev–Trinajstić information content (AvgIpc) is 2.74. The van der Waals surface area contributed by atoms with Gasteiger partial charge in [-0.15, -0.1) is 0 Å². The normalized spacial score (nSPS) is 15.8. The molecule has 0 bridgehead atoms. The van der Waals surface area contributed by atoms with E-state index in [0.29, 0.717) is 6.92 Å². The number of esters is 1. The van der Waals surface area contributed by atoms with Crippen LogP contribution in [0.4, 0.5) is 61.5 Å². The summed E-state index contributed by atoms with van der Waals surface area (Å²) in [6.07, 6.45) is -16.6. The number of alkyl halides is 14. The van der Waals surface area contributed by atoms with Crippen LogP contribution in [0.5, 0.6) is 0 Å². The number of benzene rings is 1. The van der Waals surface area contributed by atoms with E-state index in [0.717, 1.165) is 24.3 Å². The quantitative estimate of drug-likeness (QED) is 0.301. The minimum atomic E-state index is -7.01. The van der Waals surface area contributed by atoms with Crippen LogP contribution in [0.3, 0.4) is 0 Å². The van der Waals surface area contributed by atoms with Crippen molar-refractivity contribution in [2.75, 3.05) is 7.05 Å². The molecule has 1 aromatic carbocycles. The fraction of sp³-hybridized carbons (Fsp3) is 0.556. The molecule has 0 saturated carbocycles. The molecule has 206 valence electrons. The largest absolute Gasteiger partial charge is 0.460 e. The molecule has 1 rings (SSSR count). The average molecular weight is 557 g/mol. The van der Waals surface area contributed by atoms with Crippen LogP contribution in [-0.4, -0.2) is 65.9 Å². The third kappa shape index (κ3) is 5.30. The Labute approximate surface area is 191 Å². The third-order valence-electron chi connectivity index (χ3n) is 4.76. The minimum absolute atomic E-state index is 0.138. The van der Waals surface area contributed by atoms with E-state index in [1.807, 2.05) is 0 Å². The maximum Gasteiger partial charge on any atom is 0.460 e. The van der Waals surface area contributed by atoms with Crippen molar-refractivity contribution in [3.05, 3.63) is 35.9 Å². The molecular weight excluding hydrogens is 544 g/mol. The fourth-order valence-electron chi connectivity index (χ4n) is 2.51. The van der Waals surface area contributed by atoms with Gasteiger partial charge in [0.25, 0.3) is 5.91 Å². The minimum Gasteiger partial charge on any atom is -0.451 e. The Morgan fingerprint density at radius 3 is 1.50 bits per heavy atom. The van der Waals surface area contributed by atoms with Crippen molar-refractivity contribution in [3.63, 3.8) is 0 Å². The molecule has 0 radical (unpaired) electrons. The highest BCUT2D eigenvalue weighted by Gasteiger charge is 2.78. The Bertz CT molecular complexity index is 943. The lowest BCUT2D eigenvalue weighted by Crippen LogP contribution is -2.61. The van der Waals surface area contributed by atoms with Crippen molar-refractivity contribution in [1.82, 2.24) is 4.90 Å². The van der Waals surface area contributed by atoms with E-state index in [1.54, 1.807) is 0 Å². The van der Waals surface area contributed by atoms with Gasteiger partial charge in [0.2, 0.25) is 0 Å². The lowest BCUT2D eigenvalue weighted by Gasteiger charge is -2.36. The molecule has 36 heavy (non-hydrogen) atoms. The number of ether oxygens (including phenoxy) is 1. The van der Waals surface area contributed by atoms with E-state index in [2.05, 4.69) is 4.74 Å². The van der Waals surface area contributed by atoms with Crippen molar-refractivity contribution in [2.24, 2.45) is 0 Å². The molecule has 0 heterocycles.